The molecule has 1 aliphatic heterocycles. The quantitative estimate of drug-likeness (QED) is 0.478. The molecule has 0 saturated heterocycles. The van der Waals surface area contributed by atoms with Gasteiger partial charge in [0.05, 0.1) is 12.2 Å². The summed E-state index contributed by atoms with van der Waals surface area (Å²) < 4.78 is 5.90. The molecule has 2 heterocycles. The predicted octanol–water partition coefficient (Wildman–Crippen LogP) is 5.30. The monoisotopic (exact) mass is 380 g/mol. The highest BCUT2D eigenvalue weighted by Gasteiger charge is 2.17. The Labute approximate surface area is 168 Å². The number of aromatic nitrogens is 1. The van der Waals surface area contributed by atoms with Gasteiger partial charge >= 0.3 is 0 Å². The van der Waals surface area contributed by atoms with Crippen molar-refractivity contribution in [2.45, 2.75) is 20.1 Å². The lowest BCUT2D eigenvalue weighted by Crippen LogP contribution is -2.04. The van der Waals surface area contributed by atoms with E-state index in [1.165, 1.54) is 5.56 Å². The number of ketones is 1. The molecule has 4 heteroatoms. The number of hydrogen-bond acceptors (Lipinski definition) is 3. The molecule has 29 heavy (non-hydrogen) atoms. The SMILES string of the molecule is CC1=NCc2ccc(C(=O)c3cc4cc(OCc5ccccc5)ccc4[nH]3)cc21. The molecule has 0 amide bonds. The Morgan fingerprint density at radius 1 is 1.03 bits per heavy atom. The van der Waals surface area contributed by atoms with Gasteiger partial charge in [0.25, 0.3) is 0 Å². The number of rotatable bonds is 5. The summed E-state index contributed by atoms with van der Waals surface area (Å²) in [6.45, 7) is 3.20. The number of carbonyl (C=O) groups is 1. The van der Waals surface area contributed by atoms with Crippen LogP contribution in [0.15, 0.2) is 77.8 Å². The molecule has 3 aromatic carbocycles. The van der Waals surface area contributed by atoms with Crippen LogP contribution in [-0.4, -0.2) is 16.5 Å². The number of H-pyrrole nitrogens is 1. The van der Waals surface area contributed by atoms with Gasteiger partial charge in [-0.1, -0.05) is 42.5 Å². The highest BCUT2D eigenvalue weighted by atomic mass is 16.5. The first-order valence-electron chi connectivity index (χ1n) is 9.66. The Kier molecular flexibility index (Phi) is 4.24. The summed E-state index contributed by atoms with van der Waals surface area (Å²) in [7, 11) is 0. The number of ether oxygens (including phenoxy) is 1. The Morgan fingerprint density at radius 3 is 2.76 bits per heavy atom. The zero-order chi connectivity index (χ0) is 19.8. The molecule has 0 fully saturated rings. The van der Waals surface area contributed by atoms with Gasteiger partial charge in [0, 0.05) is 27.7 Å². The number of hydrogen-bond donors (Lipinski definition) is 1. The maximum absolute atomic E-state index is 13.0. The van der Waals surface area contributed by atoms with E-state index in [-0.39, 0.29) is 5.78 Å². The minimum absolute atomic E-state index is 0.0181. The summed E-state index contributed by atoms with van der Waals surface area (Å²) in [6, 6.07) is 23.6. The van der Waals surface area contributed by atoms with Gasteiger partial charge in [0.15, 0.2) is 0 Å². The van der Waals surface area contributed by atoms with Gasteiger partial charge in [-0.15, -0.1) is 0 Å². The van der Waals surface area contributed by atoms with Crippen LogP contribution in [0.4, 0.5) is 0 Å². The highest BCUT2D eigenvalue weighted by molar-refractivity contribution is 6.12. The largest absolute Gasteiger partial charge is 0.489 e. The fourth-order valence-corrected chi connectivity index (χ4v) is 3.70. The van der Waals surface area contributed by atoms with Crippen LogP contribution in [0.3, 0.4) is 0 Å². The molecule has 1 aromatic heterocycles. The van der Waals surface area contributed by atoms with Crippen molar-refractivity contribution < 1.29 is 9.53 Å². The van der Waals surface area contributed by atoms with E-state index in [2.05, 4.69) is 9.98 Å². The topological polar surface area (TPSA) is 54.4 Å². The number of aliphatic imine (C=N–C) groups is 1. The third-order valence-corrected chi connectivity index (χ3v) is 5.33. The molecule has 4 nitrogen and oxygen atoms in total. The molecule has 0 aliphatic carbocycles. The van der Waals surface area contributed by atoms with Crippen molar-refractivity contribution in [2.75, 3.05) is 0 Å². The normalized spacial score (nSPS) is 12.7. The van der Waals surface area contributed by atoms with Crippen molar-refractivity contribution in [1.82, 2.24) is 4.98 Å². The lowest BCUT2D eigenvalue weighted by Gasteiger charge is -2.06. The van der Waals surface area contributed by atoms with Crippen molar-refractivity contribution in [3.63, 3.8) is 0 Å². The average molecular weight is 380 g/mol. The molecule has 5 rings (SSSR count). The first kappa shape index (κ1) is 17.4. The first-order chi connectivity index (χ1) is 14.2. The van der Waals surface area contributed by atoms with Gasteiger partial charge < -0.3 is 9.72 Å². The van der Waals surface area contributed by atoms with Crippen molar-refractivity contribution in [3.05, 3.63) is 101 Å². The lowest BCUT2D eigenvalue weighted by atomic mass is 10.00. The third kappa shape index (κ3) is 3.34. The number of nitrogens with one attached hydrogen (secondary N) is 1. The summed E-state index contributed by atoms with van der Waals surface area (Å²) in [5, 5.41) is 0.956. The van der Waals surface area contributed by atoms with Crippen molar-refractivity contribution in [2.24, 2.45) is 4.99 Å². The van der Waals surface area contributed by atoms with Crippen LogP contribution in [0.5, 0.6) is 5.75 Å². The molecular weight excluding hydrogens is 360 g/mol. The van der Waals surface area contributed by atoms with Crippen molar-refractivity contribution in [3.8, 4) is 5.75 Å². The smallest absolute Gasteiger partial charge is 0.209 e. The second-order valence-electron chi connectivity index (χ2n) is 7.31. The van der Waals surface area contributed by atoms with Crippen LogP contribution in [0.2, 0.25) is 0 Å². The number of nitrogens with zero attached hydrogens (tertiary/aromatic N) is 1. The molecule has 0 bridgehead atoms. The lowest BCUT2D eigenvalue weighted by molar-refractivity contribution is 0.103. The van der Waals surface area contributed by atoms with E-state index in [0.29, 0.717) is 24.4 Å². The minimum atomic E-state index is -0.0181. The van der Waals surface area contributed by atoms with E-state index in [1.807, 2.05) is 79.7 Å². The Morgan fingerprint density at radius 2 is 1.90 bits per heavy atom. The Bertz CT molecular complexity index is 1250. The molecule has 0 saturated carbocycles. The van der Waals surface area contributed by atoms with Crippen molar-refractivity contribution in [1.29, 1.82) is 0 Å². The summed E-state index contributed by atoms with van der Waals surface area (Å²) in [5.74, 6) is 0.763. The van der Waals surface area contributed by atoms with Gasteiger partial charge in [0.1, 0.15) is 12.4 Å². The highest BCUT2D eigenvalue weighted by Crippen LogP contribution is 2.25. The standard InChI is InChI=1S/C25H20N2O2/c1-16-22-12-18(7-8-19(22)14-26-16)25(28)24-13-20-11-21(9-10-23(20)27-24)29-15-17-5-3-2-4-6-17/h2-13,27H,14-15H2,1H3. The molecule has 1 aliphatic rings. The van der Waals surface area contributed by atoms with Crippen LogP contribution in [-0.2, 0) is 13.2 Å². The summed E-state index contributed by atoms with van der Waals surface area (Å²) in [4.78, 5) is 20.7. The zero-order valence-electron chi connectivity index (χ0n) is 16.1. The number of carbonyl (C=O) groups excluding carboxylic acids is 1. The summed E-state index contributed by atoms with van der Waals surface area (Å²) in [6.07, 6.45) is 0. The van der Waals surface area contributed by atoms with Gasteiger partial charge in [-0.05, 0) is 48.4 Å². The molecule has 4 aromatic rings. The second-order valence-corrected chi connectivity index (χ2v) is 7.31. The Balaban J connectivity index is 1.39. The van der Waals surface area contributed by atoms with Crippen LogP contribution >= 0.6 is 0 Å². The third-order valence-electron chi connectivity index (χ3n) is 5.33. The maximum atomic E-state index is 13.0. The molecule has 0 unspecified atom stereocenters. The number of aromatic amines is 1. The van der Waals surface area contributed by atoms with Crippen LogP contribution < -0.4 is 4.74 Å². The van der Waals surface area contributed by atoms with Crippen molar-refractivity contribution >= 4 is 22.4 Å². The van der Waals surface area contributed by atoms with Gasteiger partial charge in [0.2, 0.25) is 5.78 Å². The maximum Gasteiger partial charge on any atom is 0.209 e. The molecule has 0 spiro atoms. The molecular formula is C25H20N2O2. The first-order valence-corrected chi connectivity index (χ1v) is 9.66. The van der Waals surface area contributed by atoms with E-state index in [9.17, 15) is 4.79 Å². The number of benzene rings is 3. The second kappa shape index (κ2) is 7.06. The fraction of sp³-hybridized carbons (Fsp3) is 0.120. The average Bonchev–Trinajstić information content (AvgIpc) is 3.35. The summed E-state index contributed by atoms with van der Waals surface area (Å²) >= 11 is 0. The van der Waals surface area contributed by atoms with Gasteiger partial charge in [-0.25, -0.2) is 0 Å². The zero-order valence-corrected chi connectivity index (χ0v) is 16.1. The fourth-order valence-electron chi connectivity index (χ4n) is 3.70. The van der Waals surface area contributed by atoms with Crippen LogP contribution in [0, 0.1) is 0 Å². The van der Waals surface area contributed by atoms with E-state index in [4.69, 9.17) is 4.74 Å². The van der Waals surface area contributed by atoms with Crippen LogP contribution in [0.25, 0.3) is 10.9 Å². The molecule has 0 radical (unpaired) electrons. The molecule has 1 N–H and O–H groups in total. The van der Waals surface area contributed by atoms with E-state index in [1.54, 1.807) is 0 Å². The summed E-state index contributed by atoms with van der Waals surface area (Å²) in [5.41, 5.74) is 6.53. The van der Waals surface area contributed by atoms with Crippen LogP contribution in [0.1, 0.15) is 39.7 Å². The van der Waals surface area contributed by atoms with E-state index in [0.717, 1.165) is 33.5 Å². The Hall–Kier alpha value is -3.66. The minimum Gasteiger partial charge on any atom is -0.489 e. The van der Waals surface area contributed by atoms with E-state index < -0.39 is 0 Å². The van der Waals surface area contributed by atoms with Gasteiger partial charge in [-0.2, -0.15) is 0 Å². The number of fused-ring (bicyclic) bond motifs is 2. The predicted molar refractivity (Wildman–Crippen MR) is 115 cm³/mol. The van der Waals surface area contributed by atoms with Gasteiger partial charge in [-0.3, -0.25) is 9.79 Å². The van der Waals surface area contributed by atoms with E-state index >= 15 is 0 Å². The molecule has 0 atom stereocenters. The molecule has 142 valence electrons.